The summed E-state index contributed by atoms with van der Waals surface area (Å²) in [6.45, 7) is 3.79. The molecule has 0 radical (unpaired) electrons. The standard InChI is InChI=1S/C21H22O3/c1-3-24-20(23)21(16-9-5-4-6-10-16)14-13-17(15(2)22)18-11-7-8-12-19(18)21/h4-12,17H,3,13-14H2,1-2H3/t17-,21?/m0/s1. The lowest BCUT2D eigenvalue weighted by molar-refractivity contribution is -0.149. The predicted octanol–water partition coefficient (Wildman–Crippen LogP) is 4.00. The number of rotatable bonds is 4. The van der Waals surface area contributed by atoms with Crippen molar-refractivity contribution in [3.05, 3.63) is 71.3 Å². The SMILES string of the molecule is CCOC(=O)C1(c2ccccc2)CC[C@@H](C(C)=O)c2ccccc21. The second-order valence-electron chi connectivity index (χ2n) is 6.28. The van der Waals surface area contributed by atoms with Gasteiger partial charge in [0.25, 0.3) is 0 Å². The molecule has 0 heterocycles. The van der Waals surface area contributed by atoms with E-state index >= 15 is 0 Å². The highest BCUT2D eigenvalue weighted by atomic mass is 16.5. The highest BCUT2D eigenvalue weighted by molar-refractivity contribution is 5.91. The fourth-order valence-corrected chi connectivity index (χ4v) is 3.87. The van der Waals surface area contributed by atoms with Gasteiger partial charge in [-0.1, -0.05) is 54.6 Å². The number of hydrogen-bond acceptors (Lipinski definition) is 3. The zero-order chi connectivity index (χ0) is 17.2. The molecule has 3 rings (SSSR count). The van der Waals surface area contributed by atoms with Crippen molar-refractivity contribution in [3.8, 4) is 0 Å². The average molecular weight is 322 g/mol. The zero-order valence-corrected chi connectivity index (χ0v) is 14.1. The van der Waals surface area contributed by atoms with Crippen LogP contribution in [-0.4, -0.2) is 18.4 Å². The molecule has 0 fully saturated rings. The Labute approximate surface area is 142 Å². The van der Waals surface area contributed by atoms with Crippen molar-refractivity contribution in [1.29, 1.82) is 0 Å². The third-order valence-corrected chi connectivity index (χ3v) is 4.99. The first-order valence-electron chi connectivity index (χ1n) is 8.44. The smallest absolute Gasteiger partial charge is 0.321 e. The first kappa shape index (κ1) is 16.4. The summed E-state index contributed by atoms with van der Waals surface area (Å²) in [5, 5.41) is 0. The zero-order valence-electron chi connectivity index (χ0n) is 14.1. The molecule has 1 unspecified atom stereocenters. The third kappa shape index (κ3) is 2.54. The van der Waals surface area contributed by atoms with E-state index in [0.29, 0.717) is 19.4 Å². The maximum Gasteiger partial charge on any atom is 0.321 e. The predicted molar refractivity (Wildman–Crippen MR) is 93.0 cm³/mol. The third-order valence-electron chi connectivity index (χ3n) is 4.99. The van der Waals surface area contributed by atoms with E-state index in [-0.39, 0.29) is 17.7 Å². The van der Waals surface area contributed by atoms with Gasteiger partial charge in [0.15, 0.2) is 0 Å². The van der Waals surface area contributed by atoms with Crippen LogP contribution in [0.15, 0.2) is 54.6 Å². The molecule has 3 nitrogen and oxygen atoms in total. The van der Waals surface area contributed by atoms with Crippen LogP contribution in [0.3, 0.4) is 0 Å². The largest absolute Gasteiger partial charge is 0.465 e. The number of ether oxygens (including phenoxy) is 1. The van der Waals surface area contributed by atoms with Gasteiger partial charge < -0.3 is 4.74 Å². The number of esters is 1. The van der Waals surface area contributed by atoms with Crippen LogP contribution in [-0.2, 0) is 19.7 Å². The number of benzene rings is 2. The van der Waals surface area contributed by atoms with Crippen LogP contribution in [0.1, 0.15) is 49.3 Å². The lowest BCUT2D eigenvalue weighted by atomic mass is 9.62. The van der Waals surface area contributed by atoms with Gasteiger partial charge in [0.2, 0.25) is 0 Å². The van der Waals surface area contributed by atoms with Crippen LogP contribution < -0.4 is 0 Å². The average Bonchev–Trinajstić information content (AvgIpc) is 2.61. The maximum absolute atomic E-state index is 13.1. The van der Waals surface area contributed by atoms with Gasteiger partial charge in [-0.25, -0.2) is 0 Å². The Morgan fingerprint density at radius 1 is 1.08 bits per heavy atom. The molecule has 0 aromatic heterocycles. The van der Waals surface area contributed by atoms with Crippen molar-refractivity contribution in [1.82, 2.24) is 0 Å². The molecule has 0 amide bonds. The number of carbonyl (C=O) groups is 2. The second-order valence-corrected chi connectivity index (χ2v) is 6.28. The van der Waals surface area contributed by atoms with Gasteiger partial charge in [0, 0.05) is 5.92 Å². The normalized spacial score (nSPS) is 22.5. The molecule has 0 bridgehead atoms. The van der Waals surface area contributed by atoms with Gasteiger partial charge in [-0.05, 0) is 43.4 Å². The summed E-state index contributed by atoms with van der Waals surface area (Å²) < 4.78 is 5.47. The van der Waals surface area contributed by atoms with E-state index in [4.69, 9.17) is 4.74 Å². The van der Waals surface area contributed by atoms with E-state index in [0.717, 1.165) is 16.7 Å². The number of Topliss-reactive ketones (excluding diaryl/α,β-unsaturated/α-hetero) is 1. The molecule has 0 spiro atoms. The molecule has 2 aromatic carbocycles. The summed E-state index contributed by atoms with van der Waals surface area (Å²) in [6, 6.07) is 17.6. The molecule has 1 aliphatic rings. The van der Waals surface area contributed by atoms with Crippen molar-refractivity contribution < 1.29 is 14.3 Å². The van der Waals surface area contributed by atoms with E-state index in [9.17, 15) is 9.59 Å². The number of fused-ring (bicyclic) bond motifs is 1. The van der Waals surface area contributed by atoms with Gasteiger partial charge in [0.1, 0.15) is 11.2 Å². The molecule has 24 heavy (non-hydrogen) atoms. The molecule has 124 valence electrons. The molecule has 0 aliphatic heterocycles. The summed E-state index contributed by atoms with van der Waals surface area (Å²) >= 11 is 0. The summed E-state index contributed by atoms with van der Waals surface area (Å²) in [5.74, 6) is -0.230. The molecule has 2 aromatic rings. The Hall–Kier alpha value is -2.42. The van der Waals surface area contributed by atoms with E-state index in [1.807, 2.05) is 61.5 Å². The second kappa shape index (κ2) is 6.60. The van der Waals surface area contributed by atoms with Gasteiger partial charge in [-0.3, -0.25) is 9.59 Å². The first-order valence-corrected chi connectivity index (χ1v) is 8.44. The fourth-order valence-electron chi connectivity index (χ4n) is 3.87. The summed E-state index contributed by atoms with van der Waals surface area (Å²) in [4.78, 5) is 25.1. The monoisotopic (exact) mass is 322 g/mol. The number of carbonyl (C=O) groups excluding carboxylic acids is 2. The Kier molecular flexibility index (Phi) is 4.52. The van der Waals surface area contributed by atoms with Crippen LogP contribution in [0.2, 0.25) is 0 Å². The van der Waals surface area contributed by atoms with Crippen molar-refractivity contribution in [2.24, 2.45) is 0 Å². The Morgan fingerprint density at radius 2 is 1.75 bits per heavy atom. The van der Waals surface area contributed by atoms with E-state index in [2.05, 4.69) is 0 Å². The number of hydrogen-bond donors (Lipinski definition) is 0. The van der Waals surface area contributed by atoms with Crippen LogP contribution in [0, 0.1) is 0 Å². The van der Waals surface area contributed by atoms with Crippen LogP contribution in [0.5, 0.6) is 0 Å². The van der Waals surface area contributed by atoms with E-state index in [1.54, 1.807) is 6.92 Å². The van der Waals surface area contributed by atoms with Crippen molar-refractivity contribution in [3.63, 3.8) is 0 Å². The fraction of sp³-hybridized carbons (Fsp3) is 0.333. The Balaban J connectivity index is 2.25. The van der Waals surface area contributed by atoms with Crippen molar-refractivity contribution in [2.45, 2.75) is 38.0 Å². The number of ketones is 1. The minimum absolute atomic E-state index is 0.146. The maximum atomic E-state index is 13.1. The first-order chi connectivity index (χ1) is 11.6. The lowest BCUT2D eigenvalue weighted by Gasteiger charge is -2.40. The van der Waals surface area contributed by atoms with Crippen molar-refractivity contribution in [2.75, 3.05) is 6.61 Å². The lowest BCUT2D eigenvalue weighted by Crippen LogP contribution is -2.43. The molecule has 2 atom stereocenters. The quantitative estimate of drug-likeness (QED) is 0.799. The van der Waals surface area contributed by atoms with Crippen molar-refractivity contribution >= 4 is 11.8 Å². The van der Waals surface area contributed by atoms with Gasteiger partial charge in [-0.2, -0.15) is 0 Å². The minimum Gasteiger partial charge on any atom is -0.465 e. The molecule has 1 aliphatic carbocycles. The Bertz CT molecular complexity index is 751. The summed E-state index contributed by atoms with van der Waals surface area (Å²) in [6.07, 6.45) is 1.23. The topological polar surface area (TPSA) is 43.4 Å². The molecular formula is C21H22O3. The molecule has 0 N–H and O–H groups in total. The Morgan fingerprint density at radius 3 is 2.42 bits per heavy atom. The summed E-state index contributed by atoms with van der Waals surface area (Å²) in [7, 11) is 0. The van der Waals surface area contributed by atoms with Crippen LogP contribution in [0.4, 0.5) is 0 Å². The summed E-state index contributed by atoms with van der Waals surface area (Å²) in [5.41, 5.74) is 1.95. The highest BCUT2D eigenvalue weighted by Gasteiger charge is 2.48. The van der Waals surface area contributed by atoms with Gasteiger partial charge >= 0.3 is 5.97 Å². The molecule has 0 saturated heterocycles. The minimum atomic E-state index is -0.834. The molecular weight excluding hydrogens is 300 g/mol. The highest BCUT2D eigenvalue weighted by Crippen LogP contribution is 2.47. The van der Waals surface area contributed by atoms with E-state index < -0.39 is 5.41 Å². The van der Waals surface area contributed by atoms with Crippen LogP contribution in [0.25, 0.3) is 0 Å². The molecule has 3 heteroatoms. The van der Waals surface area contributed by atoms with Gasteiger partial charge in [-0.15, -0.1) is 0 Å². The van der Waals surface area contributed by atoms with Crippen LogP contribution >= 0.6 is 0 Å². The van der Waals surface area contributed by atoms with Gasteiger partial charge in [0.05, 0.1) is 6.61 Å². The van der Waals surface area contributed by atoms with E-state index in [1.165, 1.54) is 0 Å². The molecule has 0 saturated carbocycles.